The van der Waals surface area contributed by atoms with Crippen LogP contribution in [-0.4, -0.2) is 10.1 Å². The van der Waals surface area contributed by atoms with Gasteiger partial charge < -0.3 is 5.11 Å². The summed E-state index contributed by atoms with van der Waals surface area (Å²) in [5.41, 5.74) is 1.15. The molecular formula is C12H6BrFN2O. The van der Waals surface area contributed by atoms with Gasteiger partial charge in [0.05, 0.1) is 22.3 Å². The Hall–Kier alpha value is -1.93. The molecule has 1 aromatic carbocycles. The molecule has 0 aliphatic rings. The number of hydrogen-bond acceptors (Lipinski definition) is 3. The van der Waals surface area contributed by atoms with Crippen molar-refractivity contribution in [2.75, 3.05) is 0 Å². The molecule has 5 heteroatoms. The van der Waals surface area contributed by atoms with Crippen molar-refractivity contribution in [1.82, 2.24) is 4.98 Å². The zero-order valence-electron chi connectivity index (χ0n) is 8.48. The molecular weight excluding hydrogens is 287 g/mol. The highest BCUT2D eigenvalue weighted by Gasteiger charge is 2.11. The first-order valence-electron chi connectivity index (χ1n) is 4.65. The number of benzene rings is 1. The van der Waals surface area contributed by atoms with Crippen LogP contribution < -0.4 is 0 Å². The highest BCUT2D eigenvalue weighted by Crippen LogP contribution is 2.36. The van der Waals surface area contributed by atoms with Gasteiger partial charge in [-0.3, -0.25) is 4.98 Å². The van der Waals surface area contributed by atoms with Crippen LogP contribution >= 0.6 is 15.9 Å². The summed E-state index contributed by atoms with van der Waals surface area (Å²) in [7, 11) is 0. The number of halogens is 2. The number of pyridine rings is 1. The minimum absolute atomic E-state index is 0.0450. The van der Waals surface area contributed by atoms with E-state index >= 15 is 0 Å². The van der Waals surface area contributed by atoms with E-state index in [4.69, 9.17) is 5.26 Å². The number of nitrogens with zero attached hydrogens (tertiary/aromatic N) is 2. The van der Waals surface area contributed by atoms with Crippen molar-refractivity contribution in [1.29, 1.82) is 5.26 Å². The first-order chi connectivity index (χ1) is 8.11. The molecule has 0 unspecified atom stereocenters. The molecule has 0 saturated heterocycles. The number of phenolic OH excluding ortho intramolecular Hbond substituents is 1. The molecule has 0 amide bonds. The molecule has 84 valence electrons. The Morgan fingerprint density at radius 1 is 1.29 bits per heavy atom. The van der Waals surface area contributed by atoms with Crippen molar-refractivity contribution in [2.24, 2.45) is 0 Å². The van der Waals surface area contributed by atoms with Crippen LogP contribution in [-0.2, 0) is 0 Å². The van der Waals surface area contributed by atoms with E-state index in [1.54, 1.807) is 0 Å². The van der Waals surface area contributed by atoms with Crippen LogP contribution in [0, 0.1) is 17.1 Å². The highest BCUT2D eigenvalue weighted by molar-refractivity contribution is 9.10. The summed E-state index contributed by atoms with van der Waals surface area (Å²) in [5.74, 6) is -0.545. The van der Waals surface area contributed by atoms with Crippen molar-refractivity contribution in [2.45, 2.75) is 0 Å². The van der Waals surface area contributed by atoms with Gasteiger partial charge >= 0.3 is 0 Å². The predicted octanol–water partition coefficient (Wildman–Crippen LogP) is 3.23. The molecule has 0 saturated carbocycles. The lowest BCUT2D eigenvalue weighted by molar-refractivity contribution is 0.474. The quantitative estimate of drug-likeness (QED) is 0.878. The van der Waals surface area contributed by atoms with Gasteiger partial charge in [-0.05, 0) is 34.1 Å². The zero-order chi connectivity index (χ0) is 12.4. The van der Waals surface area contributed by atoms with Crippen LogP contribution in [0.4, 0.5) is 4.39 Å². The van der Waals surface area contributed by atoms with E-state index in [9.17, 15) is 9.50 Å². The fourth-order valence-corrected chi connectivity index (χ4v) is 1.90. The van der Waals surface area contributed by atoms with Crippen LogP contribution in [0.3, 0.4) is 0 Å². The zero-order valence-corrected chi connectivity index (χ0v) is 10.1. The third-order valence-corrected chi connectivity index (χ3v) is 2.81. The molecule has 0 aliphatic carbocycles. The Balaban J connectivity index is 2.67. The normalized spacial score (nSPS) is 9.94. The fourth-order valence-electron chi connectivity index (χ4n) is 1.44. The van der Waals surface area contributed by atoms with Gasteiger partial charge in [0.2, 0.25) is 0 Å². The fraction of sp³-hybridized carbons (Fsp3) is 0. The van der Waals surface area contributed by atoms with Crippen molar-refractivity contribution in [3.63, 3.8) is 0 Å². The largest absolute Gasteiger partial charge is 0.506 e. The molecule has 1 heterocycles. The summed E-state index contributed by atoms with van der Waals surface area (Å²) < 4.78 is 13.4. The molecule has 0 fully saturated rings. The lowest BCUT2D eigenvalue weighted by atomic mass is 10.0. The first kappa shape index (κ1) is 11.6. The lowest BCUT2D eigenvalue weighted by Crippen LogP contribution is -1.86. The molecule has 1 N–H and O–H groups in total. The maximum atomic E-state index is 13.0. The molecule has 0 spiro atoms. The standard InChI is InChI=1S/C12H6BrFN2O/c13-11-2-7(4-15)1-10(12(11)17)8-3-9(14)6-16-5-8/h1-3,5-6,17H. The highest BCUT2D eigenvalue weighted by atomic mass is 79.9. The minimum atomic E-state index is -0.500. The Bertz CT molecular complexity index is 622. The monoisotopic (exact) mass is 292 g/mol. The predicted molar refractivity (Wildman–Crippen MR) is 63.7 cm³/mol. The van der Waals surface area contributed by atoms with Crippen molar-refractivity contribution < 1.29 is 9.50 Å². The third kappa shape index (κ3) is 2.27. The van der Waals surface area contributed by atoms with Gasteiger partial charge in [0.25, 0.3) is 0 Å². The van der Waals surface area contributed by atoms with E-state index in [1.165, 1.54) is 24.4 Å². The van der Waals surface area contributed by atoms with Crippen LogP contribution in [0.1, 0.15) is 5.56 Å². The van der Waals surface area contributed by atoms with Gasteiger partial charge in [-0.15, -0.1) is 0 Å². The number of aromatic nitrogens is 1. The van der Waals surface area contributed by atoms with Gasteiger partial charge in [-0.2, -0.15) is 5.26 Å². The molecule has 17 heavy (non-hydrogen) atoms. The SMILES string of the molecule is N#Cc1cc(Br)c(O)c(-c2cncc(F)c2)c1. The Morgan fingerprint density at radius 3 is 2.71 bits per heavy atom. The van der Waals surface area contributed by atoms with E-state index in [0.717, 1.165) is 6.20 Å². The summed E-state index contributed by atoms with van der Waals surface area (Å²) >= 11 is 3.14. The van der Waals surface area contributed by atoms with Gasteiger partial charge in [-0.1, -0.05) is 0 Å². The van der Waals surface area contributed by atoms with Crippen LogP contribution in [0.25, 0.3) is 11.1 Å². The van der Waals surface area contributed by atoms with Crippen LogP contribution in [0.5, 0.6) is 5.75 Å². The molecule has 0 atom stereocenters. The summed E-state index contributed by atoms with van der Waals surface area (Å²) in [5, 5.41) is 18.7. The molecule has 1 aromatic heterocycles. The average Bonchev–Trinajstić information content (AvgIpc) is 2.32. The molecule has 0 aliphatic heterocycles. The minimum Gasteiger partial charge on any atom is -0.506 e. The van der Waals surface area contributed by atoms with Gasteiger partial charge in [-0.25, -0.2) is 4.39 Å². The van der Waals surface area contributed by atoms with Gasteiger partial charge in [0.1, 0.15) is 11.6 Å². The maximum absolute atomic E-state index is 13.0. The number of aromatic hydroxyl groups is 1. The van der Waals surface area contributed by atoms with Crippen LogP contribution in [0.2, 0.25) is 0 Å². The summed E-state index contributed by atoms with van der Waals surface area (Å²) in [4.78, 5) is 3.70. The Morgan fingerprint density at radius 2 is 2.06 bits per heavy atom. The van der Waals surface area contributed by atoms with E-state index < -0.39 is 5.82 Å². The summed E-state index contributed by atoms with van der Waals surface area (Å²) in [6, 6.07) is 6.18. The van der Waals surface area contributed by atoms with E-state index in [1.807, 2.05) is 6.07 Å². The molecule has 3 nitrogen and oxygen atoms in total. The van der Waals surface area contributed by atoms with Gasteiger partial charge in [0, 0.05) is 17.3 Å². The molecule has 2 aromatic rings. The summed E-state index contributed by atoms with van der Waals surface area (Å²) in [6.07, 6.45) is 2.50. The molecule has 2 rings (SSSR count). The average molecular weight is 293 g/mol. The number of phenols is 1. The van der Waals surface area contributed by atoms with Crippen molar-refractivity contribution >= 4 is 15.9 Å². The number of hydrogen-bond donors (Lipinski definition) is 1. The Labute approximate surface area is 105 Å². The second-order valence-electron chi connectivity index (χ2n) is 3.36. The van der Waals surface area contributed by atoms with E-state index in [2.05, 4.69) is 20.9 Å². The second-order valence-corrected chi connectivity index (χ2v) is 4.21. The van der Waals surface area contributed by atoms with Gasteiger partial charge in [0.15, 0.2) is 0 Å². The third-order valence-electron chi connectivity index (χ3n) is 2.21. The summed E-state index contributed by atoms with van der Waals surface area (Å²) in [6.45, 7) is 0. The topological polar surface area (TPSA) is 56.9 Å². The first-order valence-corrected chi connectivity index (χ1v) is 5.44. The Kier molecular flexibility index (Phi) is 3.07. The molecule has 0 radical (unpaired) electrons. The maximum Gasteiger partial charge on any atom is 0.142 e. The van der Waals surface area contributed by atoms with Crippen LogP contribution in [0.15, 0.2) is 35.1 Å². The van der Waals surface area contributed by atoms with Crippen molar-refractivity contribution in [3.8, 4) is 22.9 Å². The van der Waals surface area contributed by atoms with E-state index in [-0.39, 0.29) is 5.75 Å². The number of nitriles is 1. The second kappa shape index (κ2) is 4.52. The van der Waals surface area contributed by atoms with E-state index in [0.29, 0.717) is 21.2 Å². The molecule has 0 bridgehead atoms. The smallest absolute Gasteiger partial charge is 0.142 e. The number of rotatable bonds is 1. The lowest BCUT2D eigenvalue weighted by Gasteiger charge is -2.07. The van der Waals surface area contributed by atoms with Crippen molar-refractivity contribution in [3.05, 3.63) is 46.4 Å².